The first-order valence-electron chi connectivity index (χ1n) is 5.93. The van der Waals surface area contributed by atoms with Gasteiger partial charge in [0.25, 0.3) is 0 Å². The number of phenols is 1. The van der Waals surface area contributed by atoms with Crippen LogP contribution in [0.3, 0.4) is 0 Å². The Balaban J connectivity index is 2.03. The SMILES string of the molecule is CN(Cc1cscn1)C(=O)Nc1ccc(C(=O)O)cc1O. The molecule has 2 amide bonds. The Labute approximate surface area is 124 Å². The highest BCUT2D eigenvalue weighted by Gasteiger charge is 2.14. The summed E-state index contributed by atoms with van der Waals surface area (Å²) in [5.41, 5.74) is 2.54. The molecular formula is C13H13N3O4S. The second-order valence-corrected chi connectivity index (χ2v) is 5.02. The van der Waals surface area contributed by atoms with Crippen LogP contribution in [0.2, 0.25) is 0 Å². The predicted octanol–water partition coefficient (Wildman–Crippen LogP) is 2.21. The summed E-state index contributed by atoms with van der Waals surface area (Å²) in [5.74, 6) is -1.45. The van der Waals surface area contributed by atoms with Crippen LogP contribution in [-0.4, -0.2) is 39.1 Å². The number of aromatic hydroxyl groups is 1. The Morgan fingerprint density at radius 2 is 2.19 bits per heavy atom. The molecule has 0 aliphatic heterocycles. The molecule has 1 aromatic carbocycles. The van der Waals surface area contributed by atoms with E-state index < -0.39 is 12.0 Å². The quantitative estimate of drug-likeness (QED) is 0.751. The van der Waals surface area contributed by atoms with Gasteiger partial charge in [-0.25, -0.2) is 14.6 Å². The van der Waals surface area contributed by atoms with Crippen LogP contribution >= 0.6 is 11.3 Å². The number of rotatable bonds is 4. The van der Waals surface area contributed by atoms with Crippen molar-refractivity contribution in [3.05, 3.63) is 40.3 Å². The molecule has 3 N–H and O–H groups in total. The second kappa shape index (κ2) is 6.23. The van der Waals surface area contributed by atoms with Crippen LogP contribution in [0.5, 0.6) is 5.75 Å². The molecule has 0 saturated heterocycles. The van der Waals surface area contributed by atoms with Crippen LogP contribution in [0.4, 0.5) is 10.5 Å². The Kier molecular flexibility index (Phi) is 4.39. The third-order valence-electron chi connectivity index (χ3n) is 2.72. The van der Waals surface area contributed by atoms with Crippen molar-refractivity contribution in [1.82, 2.24) is 9.88 Å². The molecule has 110 valence electrons. The standard InChI is InChI=1S/C13H13N3O4S/c1-16(5-9-6-21-7-14-9)13(20)15-10-3-2-8(12(18)19)4-11(10)17/h2-4,6-7,17H,5H2,1H3,(H,15,20)(H,18,19). The predicted molar refractivity (Wildman–Crippen MR) is 77.7 cm³/mol. The molecule has 2 aromatic rings. The number of carboxylic acid groups (broad SMARTS) is 1. The number of aromatic carboxylic acids is 1. The third-order valence-corrected chi connectivity index (χ3v) is 3.35. The van der Waals surface area contributed by atoms with Crippen molar-refractivity contribution in [2.24, 2.45) is 0 Å². The van der Waals surface area contributed by atoms with E-state index in [1.54, 1.807) is 12.6 Å². The first kappa shape index (κ1) is 14.8. The van der Waals surface area contributed by atoms with Gasteiger partial charge in [-0.3, -0.25) is 0 Å². The van der Waals surface area contributed by atoms with Gasteiger partial charge in [-0.15, -0.1) is 11.3 Å². The largest absolute Gasteiger partial charge is 0.506 e. The zero-order chi connectivity index (χ0) is 15.4. The van der Waals surface area contributed by atoms with Gasteiger partial charge in [0, 0.05) is 12.4 Å². The molecule has 0 radical (unpaired) electrons. The van der Waals surface area contributed by atoms with Gasteiger partial charge in [-0.2, -0.15) is 0 Å². The van der Waals surface area contributed by atoms with Crippen molar-refractivity contribution in [1.29, 1.82) is 0 Å². The number of phenolic OH excluding ortho intramolecular Hbond substituents is 1. The van der Waals surface area contributed by atoms with Crippen molar-refractivity contribution in [2.75, 3.05) is 12.4 Å². The van der Waals surface area contributed by atoms with E-state index in [4.69, 9.17) is 5.11 Å². The summed E-state index contributed by atoms with van der Waals surface area (Å²) in [5, 5.41) is 22.9. The molecule has 0 bridgehead atoms. The fraction of sp³-hybridized carbons (Fsp3) is 0.154. The minimum absolute atomic E-state index is 0.0543. The lowest BCUT2D eigenvalue weighted by Crippen LogP contribution is -2.31. The summed E-state index contributed by atoms with van der Waals surface area (Å²) in [7, 11) is 1.59. The van der Waals surface area contributed by atoms with Gasteiger partial charge in [0.15, 0.2) is 0 Å². The maximum atomic E-state index is 12.0. The number of carbonyl (C=O) groups excluding carboxylic acids is 1. The number of thiazole rings is 1. The Bertz CT molecular complexity index is 657. The van der Waals surface area contributed by atoms with Crippen molar-refractivity contribution in [3.63, 3.8) is 0 Å². The van der Waals surface area contributed by atoms with Gasteiger partial charge in [0.2, 0.25) is 0 Å². The Hall–Kier alpha value is -2.61. The molecular weight excluding hydrogens is 294 g/mol. The lowest BCUT2D eigenvalue weighted by molar-refractivity contribution is 0.0696. The molecule has 1 heterocycles. The number of amides is 2. The van der Waals surface area contributed by atoms with E-state index >= 15 is 0 Å². The molecule has 0 fully saturated rings. The molecule has 7 nitrogen and oxygen atoms in total. The lowest BCUT2D eigenvalue weighted by Gasteiger charge is -2.17. The van der Waals surface area contributed by atoms with Crippen LogP contribution in [0, 0.1) is 0 Å². The zero-order valence-corrected chi connectivity index (χ0v) is 11.9. The van der Waals surface area contributed by atoms with Crippen LogP contribution < -0.4 is 5.32 Å². The lowest BCUT2D eigenvalue weighted by atomic mass is 10.2. The van der Waals surface area contributed by atoms with Crippen LogP contribution in [0.25, 0.3) is 0 Å². The van der Waals surface area contributed by atoms with Gasteiger partial charge < -0.3 is 20.4 Å². The molecule has 21 heavy (non-hydrogen) atoms. The van der Waals surface area contributed by atoms with Gasteiger partial charge in [-0.05, 0) is 18.2 Å². The molecule has 0 atom stereocenters. The number of hydrogen-bond donors (Lipinski definition) is 3. The van der Waals surface area contributed by atoms with E-state index in [0.29, 0.717) is 6.54 Å². The molecule has 0 aliphatic rings. The number of aromatic nitrogens is 1. The summed E-state index contributed by atoms with van der Waals surface area (Å²) >= 11 is 1.44. The van der Waals surface area contributed by atoms with Crippen molar-refractivity contribution < 1.29 is 19.8 Å². The number of nitrogens with zero attached hydrogens (tertiary/aromatic N) is 2. The van der Waals surface area contributed by atoms with Gasteiger partial charge in [0.05, 0.1) is 29.0 Å². The van der Waals surface area contributed by atoms with Crippen molar-refractivity contribution in [2.45, 2.75) is 6.54 Å². The summed E-state index contributed by atoms with van der Waals surface area (Å²) in [6, 6.07) is 3.30. The Morgan fingerprint density at radius 3 is 2.76 bits per heavy atom. The topological polar surface area (TPSA) is 103 Å². The smallest absolute Gasteiger partial charge is 0.335 e. The second-order valence-electron chi connectivity index (χ2n) is 4.30. The number of anilines is 1. The highest BCUT2D eigenvalue weighted by molar-refractivity contribution is 7.07. The maximum Gasteiger partial charge on any atom is 0.335 e. The molecule has 0 spiro atoms. The molecule has 8 heteroatoms. The normalized spacial score (nSPS) is 10.1. The van der Waals surface area contributed by atoms with Crippen LogP contribution in [0.15, 0.2) is 29.1 Å². The number of nitrogens with one attached hydrogen (secondary N) is 1. The van der Waals surface area contributed by atoms with E-state index in [2.05, 4.69) is 10.3 Å². The zero-order valence-electron chi connectivity index (χ0n) is 11.1. The minimum atomic E-state index is -1.15. The first-order chi connectivity index (χ1) is 9.97. The highest BCUT2D eigenvalue weighted by atomic mass is 32.1. The molecule has 0 aliphatic carbocycles. The minimum Gasteiger partial charge on any atom is -0.506 e. The van der Waals surface area contributed by atoms with E-state index in [1.807, 2.05) is 5.38 Å². The fourth-order valence-electron chi connectivity index (χ4n) is 1.61. The van der Waals surface area contributed by atoms with Gasteiger partial charge in [-0.1, -0.05) is 0 Å². The summed E-state index contributed by atoms with van der Waals surface area (Å²) in [6.45, 7) is 0.337. The Morgan fingerprint density at radius 1 is 1.43 bits per heavy atom. The number of hydrogen-bond acceptors (Lipinski definition) is 5. The van der Waals surface area contributed by atoms with Crippen LogP contribution in [-0.2, 0) is 6.54 Å². The highest BCUT2D eigenvalue weighted by Crippen LogP contribution is 2.24. The van der Waals surface area contributed by atoms with Crippen molar-refractivity contribution >= 4 is 29.0 Å². The summed E-state index contributed by atoms with van der Waals surface area (Å²) < 4.78 is 0. The van der Waals surface area contributed by atoms with E-state index in [0.717, 1.165) is 11.8 Å². The van der Waals surface area contributed by atoms with Gasteiger partial charge >= 0.3 is 12.0 Å². The van der Waals surface area contributed by atoms with E-state index in [-0.39, 0.29) is 17.0 Å². The molecule has 0 saturated carbocycles. The first-order valence-corrected chi connectivity index (χ1v) is 6.87. The number of urea groups is 1. The molecule has 1 aromatic heterocycles. The molecule has 2 rings (SSSR count). The number of carbonyl (C=O) groups is 2. The monoisotopic (exact) mass is 307 g/mol. The third kappa shape index (κ3) is 3.69. The van der Waals surface area contributed by atoms with E-state index in [1.165, 1.54) is 28.4 Å². The summed E-state index contributed by atoms with van der Waals surface area (Å²) in [6.07, 6.45) is 0. The molecule has 0 unspecified atom stereocenters. The number of carboxylic acids is 1. The van der Waals surface area contributed by atoms with Crippen molar-refractivity contribution in [3.8, 4) is 5.75 Å². The van der Waals surface area contributed by atoms with E-state index in [9.17, 15) is 14.7 Å². The van der Waals surface area contributed by atoms with Crippen LogP contribution in [0.1, 0.15) is 16.1 Å². The fourth-order valence-corrected chi connectivity index (χ4v) is 2.16. The van der Waals surface area contributed by atoms with Gasteiger partial charge in [0.1, 0.15) is 5.75 Å². The summed E-state index contributed by atoms with van der Waals surface area (Å²) in [4.78, 5) is 28.2. The average molecular weight is 307 g/mol. The average Bonchev–Trinajstić information content (AvgIpc) is 2.93. The number of benzene rings is 1. The maximum absolute atomic E-state index is 12.0.